The van der Waals surface area contributed by atoms with E-state index in [0.717, 1.165) is 41.9 Å². The Hall–Kier alpha value is -2.16. The monoisotopic (exact) mass is 378 g/mol. The van der Waals surface area contributed by atoms with E-state index >= 15 is 0 Å². The second-order valence-corrected chi connectivity index (χ2v) is 6.80. The number of hydrogen-bond acceptors (Lipinski definition) is 6. The van der Waals surface area contributed by atoms with E-state index in [0.29, 0.717) is 5.69 Å². The van der Waals surface area contributed by atoms with Crippen molar-refractivity contribution in [3.63, 3.8) is 0 Å². The number of aliphatic hydroxyl groups is 1. The highest BCUT2D eigenvalue weighted by Gasteiger charge is 2.42. The summed E-state index contributed by atoms with van der Waals surface area (Å²) < 4.78 is 19.6. The molecule has 2 N–H and O–H groups in total. The van der Waals surface area contributed by atoms with Crippen molar-refractivity contribution >= 4 is 28.8 Å². The molecule has 3 atom stereocenters. The number of quaternary nitrogens is 1. The molecule has 0 radical (unpaired) electrons. The Kier molecular flexibility index (Phi) is 4.34. The van der Waals surface area contributed by atoms with E-state index in [1.54, 1.807) is 6.07 Å². The van der Waals surface area contributed by atoms with Crippen molar-refractivity contribution in [2.75, 3.05) is 7.11 Å². The minimum Gasteiger partial charge on any atom is -0.479 e. The first kappa shape index (κ1) is 17.3. The SMILES string of the molecule is COc1nc(-c2nc(Cl)ncc2F)cc2c1N=C(C)[NH+]2C1CCCC1O. The molecule has 136 valence electrons. The Morgan fingerprint density at radius 1 is 1.35 bits per heavy atom. The average Bonchev–Trinajstić information content (AvgIpc) is 3.18. The van der Waals surface area contributed by atoms with Gasteiger partial charge in [0.2, 0.25) is 17.0 Å². The molecular formula is C17H18ClFN5O2+. The lowest BCUT2D eigenvalue weighted by atomic mass is 10.1. The van der Waals surface area contributed by atoms with E-state index in [9.17, 15) is 9.50 Å². The summed E-state index contributed by atoms with van der Waals surface area (Å²) in [5, 5.41) is 10.3. The third-order valence-corrected chi connectivity index (χ3v) is 5.10. The lowest BCUT2D eigenvalue weighted by Gasteiger charge is -2.23. The summed E-state index contributed by atoms with van der Waals surface area (Å²) in [5.41, 5.74) is 1.69. The number of amidine groups is 1. The Labute approximate surface area is 154 Å². The van der Waals surface area contributed by atoms with Crippen LogP contribution in [-0.2, 0) is 0 Å². The van der Waals surface area contributed by atoms with E-state index in [1.165, 1.54) is 7.11 Å². The van der Waals surface area contributed by atoms with Crippen molar-refractivity contribution in [2.24, 2.45) is 4.99 Å². The fourth-order valence-corrected chi connectivity index (χ4v) is 3.92. The van der Waals surface area contributed by atoms with Crippen LogP contribution in [0.1, 0.15) is 26.2 Å². The zero-order valence-electron chi connectivity index (χ0n) is 14.3. The van der Waals surface area contributed by atoms with E-state index in [1.807, 2.05) is 6.92 Å². The largest absolute Gasteiger partial charge is 0.479 e. The third-order valence-electron chi connectivity index (χ3n) is 4.92. The molecule has 2 aliphatic rings. The smallest absolute Gasteiger partial charge is 0.246 e. The first-order valence-electron chi connectivity index (χ1n) is 8.38. The van der Waals surface area contributed by atoms with Gasteiger partial charge in [0.1, 0.15) is 23.5 Å². The number of fused-ring (bicyclic) bond motifs is 1. The van der Waals surface area contributed by atoms with E-state index in [4.69, 9.17) is 16.3 Å². The molecular weight excluding hydrogens is 361 g/mol. The van der Waals surface area contributed by atoms with Gasteiger partial charge in [-0.15, -0.1) is 0 Å². The minimum absolute atomic E-state index is 0.00112. The maximum atomic E-state index is 14.2. The normalized spacial score (nSPS) is 24.5. The lowest BCUT2D eigenvalue weighted by Crippen LogP contribution is -3.13. The van der Waals surface area contributed by atoms with E-state index in [2.05, 4.69) is 19.9 Å². The van der Waals surface area contributed by atoms with Gasteiger partial charge in [0.15, 0.2) is 17.2 Å². The molecule has 1 saturated carbocycles. The Balaban J connectivity index is 1.87. The number of nitrogens with zero attached hydrogens (tertiary/aromatic N) is 4. The minimum atomic E-state index is -0.623. The molecule has 1 aliphatic carbocycles. The van der Waals surface area contributed by atoms with E-state index in [-0.39, 0.29) is 28.6 Å². The van der Waals surface area contributed by atoms with Crippen LogP contribution >= 0.6 is 11.6 Å². The third kappa shape index (κ3) is 2.74. The fraction of sp³-hybridized carbons (Fsp3) is 0.412. The Morgan fingerprint density at radius 2 is 2.15 bits per heavy atom. The van der Waals surface area contributed by atoms with Gasteiger partial charge in [0, 0.05) is 19.4 Å². The first-order valence-corrected chi connectivity index (χ1v) is 8.75. The number of hydrogen-bond donors (Lipinski definition) is 2. The summed E-state index contributed by atoms with van der Waals surface area (Å²) in [6.07, 6.45) is 3.22. The summed E-state index contributed by atoms with van der Waals surface area (Å²) in [4.78, 5) is 17.5. The molecule has 0 spiro atoms. The molecule has 1 fully saturated rings. The second kappa shape index (κ2) is 6.53. The van der Waals surface area contributed by atoms with Crippen LogP contribution in [0.3, 0.4) is 0 Å². The first-order chi connectivity index (χ1) is 12.5. The topological polar surface area (TPSA) is 84.9 Å². The standard InChI is InChI=1S/C17H17ClFN5O2/c1-8-21-15-12(24(8)11-4-3-5-13(11)25)6-10(22-16(15)26-2)14-9(19)7-20-17(18)23-14/h6-7,11,13,25H,3-5H2,1-2H3/p+1. The van der Waals surface area contributed by atoms with Crippen LogP contribution < -0.4 is 9.64 Å². The quantitative estimate of drug-likeness (QED) is 0.796. The molecule has 7 nitrogen and oxygen atoms in total. The second-order valence-electron chi connectivity index (χ2n) is 6.46. The number of halogens is 2. The number of pyridine rings is 1. The van der Waals surface area contributed by atoms with Gasteiger partial charge in [0.05, 0.1) is 13.3 Å². The highest BCUT2D eigenvalue weighted by atomic mass is 35.5. The van der Waals surface area contributed by atoms with Crippen molar-refractivity contribution in [3.05, 3.63) is 23.4 Å². The molecule has 3 heterocycles. The summed E-state index contributed by atoms with van der Waals surface area (Å²) in [6.45, 7) is 1.90. The molecule has 0 bridgehead atoms. The molecule has 3 unspecified atom stereocenters. The number of aliphatic hydroxyl groups excluding tert-OH is 1. The average molecular weight is 379 g/mol. The van der Waals surface area contributed by atoms with Crippen molar-refractivity contribution in [1.82, 2.24) is 15.0 Å². The highest BCUT2D eigenvalue weighted by molar-refractivity contribution is 6.28. The molecule has 9 heteroatoms. The van der Waals surface area contributed by atoms with Crippen LogP contribution in [0.25, 0.3) is 11.4 Å². The fourth-order valence-electron chi connectivity index (χ4n) is 3.79. The van der Waals surface area contributed by atoms with Crippen molar-refractivity contribution < 1.29 is 19.1 Å². The molecule has 4 rings (SSSR count). The van der Waals surface area contributed by atoms with Gasteiger partial charge in [-0.25, -0.2) is 19.3 Å². The molecule has 0 amide bonds. The number of methoxy groups -OCH3 is 1. The summed E-state index contributed by atoms with van der Waals surface area (Å²) in [5.74, 6) is 0.486. The van der Waals surface area contributed by atoms with Crippen molar-refractivity contribution in [3.8, 4) is 17.3 Å². The van der Waals surface area contributed by atoms with Crippen LogP contribution in [0, 0.1) is 5.82 Å². The summed E-state index contributed by atoms with van der Waals surface area (Å²) in [6, 6.07) is 1.73. The number of nitrogens with one attached hydrogen (secondary N) is 1. The zero-order chi connectivity index (χ0) is 18.4. The van der Waals surface area contributed by atoms with Gasteiger partial charge < -0.3 is 9.84 Å². The number of aliphatic imine (C=N–C) groups is 1. The molecule has 0 saturated heterocycles. The zero-order valence-corrected chi connectivity index (χ0v) is 15.1. The lowest BCUT2D eigenvalue weighted by molar-refractivity contribution is -0.765. The maximum absolute atomic E-state index is 14.2. The van der Waals surface area contributed by atoms with Crippen LogP contribution in [-0.4, -0.2) is 45.1 Å². The molecule has 1 aliphatic heterocycles. The maximum Gasteiger partial charge on any atom is 0.246 e. The molecule has 0 aromatic carbocycles. The van der Waals surface area contributed by atoms with Crippen LogP contribution in [0.15, 0.2) is 17.3 Å². The summed E-state index contributed by atoms with van der Waals surface area (Å²) >= 11 is 5.82. The molecule has 2 aromatic heterocycles. The van der Waals surface area contributed by atoms with Gasteiger partial charge in [-0.3, -0.25) is 4.90 Å². The van der Waals surface area contributed by atoms with E-state index < -0.39 is 11.9 Å². The molecule has 2 aromatic rings. The predicted octanol–water partition coefficient (Wildman–Crippen LogP) is 1.83. The van der Waals surface area contributed by atoms with Crippen molar-refractivity contribution in [1.29, 1.82) is 0 Å². The van der Waals surface area contributed by atoms with Gasteiger partial charge in [0.25, 0.3) is 0 Å². The van der Waals surface area contributed by atoms with Gasteiger partial charge in [-0.1, -0.05) is 0 Å². The van der Waals surface area contributed by atoms with Crippen molar-refractivity contribution in [2.45, 2.75) is 38.3 Å². The highest BCUT2D eigenvalue weighted by Crippen LogP contribution is 2.38. The summed E-state index contributed by atoms with van der Waals surface area (Å²) in [7, 11) is 1.49. The number of ether oxygens (including phenoxy) is 1. The van der Waals surface area contributed by atoms with Crippen LogP contribution in [0.2, 0.25) is 5.28 Å². The Bertz CT molecular complexity index is 907. The number of aromatic nitrogens is 3. The van der Waals surface area contributed by atoms with Gasteiger partial charge in [-0.05, 0) is 24.4 Å². The predicted molar refractivity (Wildman–Crippen MR) is 93.8 cm³/mol. The van der Waals surface area contributed by atoms with Gasteiger partial charge >= 0.3 is 0 Å². The molecule has 26 heavy (non-hydrogen) atoms. The Morgan fingerprint density at radius 3 is 2.85 bits per heavy atom. The van der Waals surface area contributed by atoms with Crippen LogP contribution in [0.5, 0.6) is 5.88 Å². The number of rotatable bonds is 3. The van der Waals surface area contributed by atoms with Crippen LogP contribution in [0.4, 0.5) is 15.8 Å². The van der Waals surface area contributed by atoms with Gasteiger partial charge in [-0.2, -0.15) is 4.99 Å².